The fourth-order valence-corrected chi connectivity index (χ4v) is 3.09. The smallest absolute Gasteiger partial charge is 0.317 e. The van der Waals surface area contributed by atoms with Crippen molar-refractivity contribution in [3.8, 4) is 0 Å². The van der Waals surface area contributed by atoms with Crippen LogP contribution in [0.1, 0.15) is 37.3 Å². The van der Waals surface area contributed by atoms with Crippen LogP contribution in [0, 0.1) is 18.3 Å². The summed E-state index contributed by atoms with van der Waals surface area (Å²) in [4.78, 5) is 29.3. The molecular formula is C22H31N5O3. The first-order chi connectivity index (χ1) is 14.4. The minimum absolute atomic E-state index is 0.0994. The standard InChI is InChI=1S/C22H31N5O3/c1-3-10-27(14-17-4-5-17)20(25-15-23)8-9-21(28)26-19-7-6-18(11-16(19)2)12-24-13-22(29)30/h6-9,11,15,17,23-24H,3-5,10,12-14H2,1-2H3,(H,26,28)(H,29,30). The Labute approximate surface area is 177 Å². The number of carbonyl (C=O) groups excluding carboxylic acids is 1. The molecule has 0 saturated heterocycles. The summed E-state index contributed by atoms with van der Waals surface area (Å²) in [7, 11) is 0. The van der Waals surface area contributed by atoms with Crippen molar-refractivity contribution in [1.82, 2.24) is 10.2 Å². The third-order valence-electron chi connectivity index (χ3n) is 4.73. The lowest BCUT2D eigenvalue weighted by Crippen LogP contribution is -2.32. The van der Waals surface area contributed by atoms with Crippen LogP contribution in [0.5, 0.6) is 0 Å². The van der Waals surface area contributed by atoms with Crippen molar-refractivity contribution in [2.45, 2.75) is 39.7 Å². The van der Waals surface area contributed by atoms with Gasteiger partial charge in [0, 0.05) is 31.4 Å². The molecule has 0 heterocycles. The lowest BCUT2D eigenvalue weighted by Gasteiger charge is -2.23. The van der Waals surface area contributed by atoms with Crippen LogP contribution in [0.4, 0.5) is 5.69 Å². The summed E-state index contributed by atoms with van der Waals surface area (Å²) in [6.45, 7) is 6.08. The van der Waals surface area contributed by atoms with Crippen LogP contribution in [0.3, 0.4) is 0 Å². The molecular weight excluding hydrogens is 382 g/mol. The van der Waals surface area contributed by atoms with Crippen LogP contribution in [0.15, 0.2) is 35.3 Å². The summed E-state index contributed by atoms with van der Waals surface area (Å²) in [5, 5.41) is 21.7. The number of aliphatic imine (C=N–C) groups is 1. The zero-order valence-corrected chi connectivity index (χ0v) is 17.6. The number of benzene rings is 1. The summed E-state index contributed by atoms with van der Waals surface area (Å²) in [6, 6.07) is 5.57. The van der Waals surface area contributed by atoms with E-state index in [1.807, 2.05) is 25.1 Å². The van der Waals surface area contributed by atoms with E-state index in [4.69, 9.17) is 10.5 Å². The van der Waals surface area contributed by atoms with Crippen LogP contribution in [-0.2, 0) is 16.1 Å². The quantitative estimate of drug-likeness (QED) is 0.239. The molecule has 8 nitrogen and oxygen atoms in total. The number of carbonyl (C=O) groups is 2. The van der Waals surface area contributed by atoms with Gasteiger partial charge in [0.15, 0.2) is 0 Å². The summed E-state index contributed by atoms with van der Waals surface area (Å²) in [5.41, 5.74) is 2.53. The summed E-state index contributed by atoms with van der Waals surface area (Å²) in [6.07, 6.45) is 7.54. The van der Waals surface area contributed by atoms with E-state index < -0.39 is 5.97 Å². The molecule has 1 aliphatic carbocycles. The second-order valence-electron chi connectivity index (χ2n) is 7.47. The van der Waals surface area contributed by atoms with Gasteiger partial charge in [-0.05, 0) is 55.4 Å². The zero-order chi connectivity index (χ0) is 21.9. The third kappa shape index (κ3) is 8.16. The van der Waals surface area contributed by atoms with Gasteiger partial charge >= 0.3 is 5.97 Å². The topological polar surface area (TPSA) is 118 Å². The third-order valence-corrected chi connectivity index (χ3v) is 4.73. The normalized spacial score (nSPS) is 14.0. The molecule has 0 aliphatic heterocycles. The molecule has 0 unspecified atom stereocenters. The monoisotopic (exact) mass is 413 g/mol. The highest BCUT2D eigenvalue weighted by Gasteiger charge is 2.25. The van der Waals surface area contributed by atoms with Crippen LogP contribution < -0.4 is 10.6 Å². The van der Waals surface area contributed by atoms with Crippen molar-refractivity contribution < 1.29 is 14.7 Å². The Morgan fingerprint density at radius 3 is 2.70 bits per heavy atom. The van der Waals surface area contributed by atoms with Gasteiger partial charge in [-0.2, -0.15) is 0 Å². The first-order valence-corrected chi connectivity index (χ1v) is 10.3. The first-order valence-electron chi connectivity index (χ1n) is 10.3. The number of hydrogen-bond donors (Lipinski definition) is 4. The molecule has 8 heteroatoms. The zero-order valence-electron chi connectivity index (χ0n) is 17.6. The molecule has 0 spiro atoms. The maximum absolute atomic E-state index is 12.4. The molecule has 2 rings (SSSR count). The number of nitrogens with one attached hydrogen (secondary N) is 3. The number of carboxylic acids is 1. The van der Waals surface area contributed by atoms with Gasteiger partial charge in [0.2, 0.25) is 5.91 Å². The predicted molar refractivity (Wildman–Crippen MR) is 119 cm³/mol. The summed E-state index contributed by atoms with van der Waals surface area (Å²) in [5.74, 6) is 0.143. The molecule has 0 radical (unpaired) electrons. The van der Waals surface area contributed by atoms with Gasteiger partial charge < -0.3 is 20.6 Å². The fourth-order valence-electron chi connectivity index (χ4n) is 3.09. The number of anilines is 1. The van der Waals surface area contributed by atoms with Gasteiger partial charge in [0.25, 0.3) is 0 Å². The maximum Gasteiger partial charge on any atom is 0.317 e. The summed E-state index contributed by atoms with van der Waals surface area (Å²) < 4.78 is 0. The van der Waals surface area contributed by atoms with E-state index in [1.165, 1.54) is 18.9 Å². The van der Waals surface area contributed by atoms with Crippen molar-refractivity contribution in [3.05, 3.63) is 41.5 Å². The van der Waals surface area contributed by atoms with E-state index in [-0.39, 0.29) is 12.5 Å². The van der Waals surface area contributed by atoms with E-state index in [1.54, 1.807) is 6.08 Å². The lowest BCUT2D eigenvalue weighted by atomic mass is 10.1. The Balaban J connectivity index is 1.98. The molecule has 1 aromatic rings. The molecule has 1 aliphatic rings. The Bertz CT molecular complexity index is 815. The van der Waals surface area contributed by atoms with Gasteiger partial charge in [0.05, 0.1) is 6.54 Å². The van der Waals surface area contributed by atoms with Gasteiger partial charge in [-0.25, -0.2) is 4.99 Å². The molecule has 0 atom stereocenters. The Kier molecular flexibility index (Phi) is 9.21. The van der Waals surface area contributed by atoms with Crippen molar-refractivity contribution in [2.75, 3.05) is 25.0 Å². The highest BCUT2D eigenvalue weighted by Crippen LogP contribution is 2.30. The lowest BCUT2D eigenvalue weighted by molar-refractivity contribution is -0.136. The van der Waals surface area contributed by atoms with Crippen LogP contribution >= 0.6 is 0 Å². The highest BCUT2D eigenvalue weighted by atomic mass is 16.4. The number of rotatable bonds is 12. The number of carboxylic acid groups (broad SMARTS) is 1. The molecule has 4 N–H and O–H groups in total. The van der Waals surface area contributed by atoms with Crippen LogP contribution in [0.2, 0.25) is 0 Å². The van der Waals surface area contributed by atoms with E-state index in [0.717, 1.165) is 37.0 Å². The number of hydrogen-bond acceptors (Lipinski definition) is 4. The Morgan fingerprint density at radius 1 is 1.33 bits per heavy atom. The number of nitrogens with zero attached hydrogens (tertiary/aromatic N) is 2. The van der Waals surface area contributed by atoms with Crippen molar-refractivity contribution in [2.24, 2.45) is 10.9 Å². The Hall–Kier alpha value is -3.00. The second-order valence-corrected chi connectivity index (χ2v) is 7.47. The van der Waals surface area contributed by atoms with E-state index in [2.05, 4.69) is 27.4 Å². The van der Waals surface area contributed by atoms with Crippen molar-refractivity contribution in [1.29, 1.82) is 5.41 Å². The van der Waals surface area contributed by atoms with E-state index >= 15 is 0 Å². The van der Waals surface area contributed by atoms with Crippen molar-refractivity contribution >= 4 is 29.7 Å². The van der Waals surface area contributed by atoms with Gasteiger partial charge in [-0.3, -0.25) is 15.0 Å². The minimum Gasteiger partial charge on any atom is -0.480 e. The SMILES string of the molecule is CCCN(CC1CC1)C(C=CC(=O)Nc1ccc(CNCC(=O)O)cc1C)=NC=N. The average molecular weight is 414 g/mol. The average Bonchev–Trinajstić information content (AvgIpc) is 3.51. The maximum atomic E-state index is 12.4. The van der Waals surface area contributed by atoms with E-state index in [0.29, 0.717) is 24.0 Å². The van der Waals surface area contributed by atoms with Crippen LogP contribution in [0.25, 0.3) is 0 Å². The first kappa shape index (κ1) is 23.3. The molecule has 162 valence electrons. The molecule has 30 heavy (non-hydrogen) atoms. The molecule has 1 saturated carbocycles. The molecule has 0 aromatic heterocycles. The van der Waals surface area contributed by atoms with Gasteiger partial charge in [0.1, 0.15) is 12.2 Å². The second kappa shape index (κ2) is 11.9. The van der Waals surface area contributed by atoms with Gasteiger partial charge in [-0.15, -0.1) is 0 Å². The molecule has 1 aromatic carbocycles. The molecule has 1 amide bonds. The summed E-state index contributed by atoms with van der Waals surface area (Å²) >= 11 is 0. The number of amidine groups is 1. The Morgan fingerprint density at radius 2 is 2.10 bits per heavy atom. The number of aryl methyl sites for hydroxylation is 1. The number of amides is 1. The minimum atomic E-state index is -0.900. The van der Waals surface area contributed by atoms with Crippen LogP contribution in [-0.4, -0.2) is 53.7 Å². The fraction of sp³-hybridized carbons (Fsp3) is 0.455. The largest absolute Gasteiger partial charge is 0.480 e. The van der Waals surface area contributed by atoms with E-state index in [9.17, 15) is 9.59 Å². The van der Waals surface area contributed by atoms with Gasteiger partial charge in [-0.1, -0.05) is 19.1 Å². The van der Waals surface area contributed by atoms with Crippen molar-refractivity contribution in [3.63, 3.8) is 0 Å². The highest BCUT2D eigenvalue weighted by molar-refractivity contribution is 6.06. The molecule has 0 bridgehead atoms. The molecule has 1 fully saturated rings. The predicted octanol–water partition coefficient (Wildman–Crippen LogP) is 2.79. The number of aliphatic carboxylic acids is 1.